The van der Waals surface area contributed by atoms with Crippen LogP contribution in [0, 0.1) is 0 Å². The molecule has 2 rings (SSSR count). The van der Waals surface area contributed by atoms with Crippen LogP contribution in [0.2, 0.25) is 5.02 Å². The fraction of sp³-hybridized carbons (Fsp3) is 0.615. The highest BCUT2D eigenvalue weighted by Gasteiger charge is 2.20. The minimum atomic E-state index is 0.568. The number of hydrogen-bond acceptors (Lipinski definition) is 3. The first-order valence-electron chi connectivity index (χ1n) is 6.50. The van der Waals surface area contributed by atoms with E-state index in [0.717, 1.165) is 41.4 Å². The lowest BCUT2D eigenvalue weighted by molar-refractivity contribution is 0.575. The van der Waals surface area contributed by atoms with Crippen molar-refractivity contribution in [2.45, 2.75) is 32.2 Å². The van der Waals surface area contributed by atoms with Gasteiger partial charge in [-0.25, -0.2) is 4.98 Å². The minimum Gasteiger partial charge on any atom is -0.354 e. The van der Waals surface area contributed by atoms with E-state index in [0.29, 0.717) is 6.04 Å². The molecule has 1 aliphatic rings. The Morgan fingerprint density at radius 1 is 1.61 bits per heavy atom. The number of nitrogens with zero attached hydrogens (tertiary/aromatic N) is 2. The predicted molar refractivity (Wildman–Crippen MR) is 80.5 cm³/mol. The summed E-state index contributed by atoms with van der Waals surface area (Å²) in [5.74, 6) is 0.899. The molecule has 1 atom stereocenters. The maximum Gasteiger partial charge on any atom is 0.147 e. The summed E-state index contributed by atoms with van der Waals surface area (Å²) in [5.41, 5.74) is 0. The summed E-state index contributed by atoms with van der Waals surface area (Å²) in [7, 11) is 0. The van der Waals surface area contributed by atoms with Gasteiger partial charge in [0.15, 0.2) is 0 Å². The van der Waals surface area contributed by atoms with Gasteiger partial charge < -0.3 is 10.2 Å². The van der Waals surface area contributed by atoms with Gasteiger partial charge >= 0.3 is 0 Å². The molecule has 1 saturated heterocycles. The Bertz CT molecular complexity index is 394. The lowest BCUT2D eigenvalue weighted by Gasteiger charge is -2.27. The van der Waals surface area contributed by atoms with Crippen molar-refractivity contribution in [2.75, 3.05) is 24.5 Å². The van der Waals surface area contributed by atoms with E-state index in [1.54, 1.807) is 0 Å². The van der Waals surface area contributed by atoms with E-state index in [4.69, 9.17) is 11.6 Å². The second-order valence-corrected chi connectivity index (χ2v) is 6.02. The summed E-state index contributed by atoms with van der Waals surface area (Å²) in [5, 5.41) is 4.24. The number of pyridine rings is 1. The Morgan fingerprint density at radius 3 is 3.06 bits per heavy atom. The van der Waals surface area contributed by atoms with Crippen LogP contribution in [0.1, 0.15) is 26.2 Å². The SMILES string of the molecule is CCCN(CC1CCCN1)c1ncc(Br)cc1Cl. The number of halogens is 2. The molecule has 0 bridgehead atoms. The quantitative estimate of drug-likeness (QED) is 0.895. The number of hydrogen-bond donors (Lipinski definition) is 1. The zero-order valence-corrected chi connectivity index (χ0v) is 13.0. The first-order valence-corrected chi connectivity index (χ1v) is 7.67. The molecule has 18 heavy (non-hydrogen) atoms. The van der Waals surface area contributed by atoms with Gasteiger partial charge in [-0.2, -0.15) is 0 Å². The summed E-state index contributed by atoms with van der Waals surface area (Å²) in [6, 6.07) is 2.48. The van der Waals surface area contributed by atoms with E-state index in [1.165, 1.54) is 12.8 Å². The molecule has 3 nitrogen and oxygen atoms in total. The number of rotatable bonds is 5. The zero-order valence-electron chi connectivity index (χ0n) is 10.6. The van der Waals surface area contributed by atoms with Crippen LogP contribution >= 0.6 is 27.5 Å². The highest BCUT2D eigenvalue weighted by Crippen LogP contribution is 2.27. The van der Waals surface area contributed by atoms with Crippen molar-refractivity contribution in [3.8, 4) is 0 Å². The Balaban J connectivity index is 2.12. The van der Waals surface area contributed by atoms with Crippen LogP contribution < -0.4 is 10.2 Å². The normalized spacial score (nSPS) is 19.2. The molecule has 0 amide bonds. The van der Waals surface area contributed by atoms with Gasteiger partial charge in [-0.05, 0) is 47.8 Å². The summed E-state index contributed by atoms with van der Waals surface area (Å²) < 4.78 is 0.923. The Kier molecular flexibility index (Phi) is 5.27. The number of anilines is 1. The van der Waals surface area contributed by atoms with E-state index >= 15 is 0 Å². The van der Waals surface area contributed by atoms with Crippen molar-refractivity contribution in [1.82, 2.24) is 10.3 Å². The third-order valence-electron chi connectivity index (χ3n) is 3.18. The molecule has 0 radical (unpaired) electrons. The first kappa shape index (κ1) is 14.1. The first-order chi connectivity index (χ1) is 8.70. The van der Waals surface area contributed by atoms with Gasteiger partial charge in [-0.1, -0.05) is 18.5 Å². The molecular weight excluding hydrogens is 314 g/mol. The Morgan fingerprint density at radius 2 is 2.44 bits per heavy atom. The molecule has 1 aliphatic heterocycles. The average molecular weight is 333 g/mol. The number of nitrogens with one attached hydrogen (secondary N) is 1. The van der Waals surface area contributed by atoms with Gasteiger partial charge in [-0.15, -0.1) is 0 Å². The molecule has 2 heterocycles. The smallest absolute Gasteiger partial charge is 0.147 e. The molecule has 5 heteroatoms. The van der Waals surface area contributed by atoms with Crippen LogP contribution in [0.3, 0.4) is 0 Å². The average Bonchev–Trinajstić information content (AvgIpc) is 2.81. The molecule has 0 spiro atoms. The standard InChI is InChI=1S/C13H19BrClN3/c1-2-6-18(9-11-4-3-5-16-11)13-12(15)7-10(14)8-17-13/h7-8,11,16H,2-6,9H2,1H3. The maximum atomic E-state index is 6.29. The highest BCUT2D eigenvalue weighted by atomic mass is 79.9. The molecule has 0 aromatic carbocycles. The van der Waals surface area contributed by atoms with Gasteiger partial charge in [0.1, 0.15) is 5.82 Å². The largest absolute Gasteiger partial charge is 0.354 e. The molecule has 1 N–H and O–H groups in total. The van der Waals surface area contributed by atoms with E-state index < -0.39 is 0 Å². The fourth-order valence-corrected chi connectivity index (χ4v) is 3.12. The second-order valence-electron chi connectivity index (χ2n) is 4.70. The summed E-state index contributed by atoms with van der Waals surface area (Å²) >= 11 is 9.69. The van der Waals surface area contributed by atoms with Gasteiger partial charge in [0.2, 0.25) is 0 Å². The molecular formula is C13H19BrClN3. The maximum absolute atomic E-state index is 6.29. The van der Waals surface area contributed by atoms with Crippen LogP contribution in [-0.2, 0) is 0 Å². The van der Waals surface area contributed by atoms with Crippen molar-refractivity contribution in [2.24, 2.45) is 0 Å². The van der Waals surface area contributed by atoms with Gasteiger partial charge in [0.05, 0.1) is 5.02 Å². The summed E-state index contributed by atoms with van der Waals surface area (Å²) in [6.07, 6.45) is 5.42. The Labute approximate surface area is 122 Å². The molecule has 1 aromatic rings. The van der Waals surface area contributed by atoms with E-state index in [9.17, 15) is 0 Å². The van der Waals surface area contributed by atoms with Crippen molar-refractivity contribution < 1.29 is 0 Å². The van der Waals surface area contributed by atoms with E-state index in [-0.39, 0.29) is 0 Å². The third kappa shape index (κ3) is 3.59. The molecule has 1 aromatic heterocycles. The van der Waals surface area contributed by atoms with Crippen LogP contribution in [0.4, 0.5) is 5.82 Å². The van der Waals surface area contributed by atoms with E-state index in [2.05, 4.69) is 38.1 Å². The van der Waals surface area contributed by atoms with Crippen LogP contribution in [-0.4, -0.2) is 30.7 Å². The van der Waals surface area contributed by atoms with Gasteiger partial charge in [-0.3, -0.25) is 0 Å². The second kappa shape index (κ2) is 6.73. The van der Waals surface area contributed by atoms with Crippen molar-refractivity contribution >= 4 is 33.3 Å². The van der Waals surface area contributed by atoms with Crippen molar-refractivity contribution in [3.05, 3.63) is 21.8 Å². The topological polar surface area (TPSA) is 28.2 Å². The molecule has 0 aliphatic carbocycles. The highest BCUT2D eigenvalue weighted by molar-refractivity contribution is 9.10. The fourth-order valence-electron chi connectivity index (χ4n) is 2.37. The van der Waals surface area contributed by atoms with Crippen LogP contribution in [0.25, 0.3) is 0 Å². The summed E-state index contributed by atoms with van der Waals surface area (Å²) in [6.45, 7) is 5.29. The lowest BCUT2D eigenvalue weighted by atomic mass is 10.2. The molecule has 1 fully saturated rings. The van der Waals surface area contributed by atoms with Crippen molar-refractivity contribution in [3.63, 3.8) is 0 Å². The molecule has 1 unspecified atom stereocenters. The van der Waals surface area contributed by atoms with Gasteiger partial charge in [0.25, 0.3) is 0 Å². The minimum absolute atomic E-state index is 0.568. The van der Waals surface area contributed by atoms with Gasteiger partial charge in [0, 0.05) is 29.8 Å². The third-order valence-corrected chi connectivity index (χ3v) is 3.90. The van der Waals surface area contributed by atoms with Crippen molar-refractivity contribution in [1.29, 1.82) is 0 Å². The monoisotopic (exact) mass is 331 g/mol. The lowest BCUT2D eigenvalue weighted by Crippen LogP contribution is -2.38. The Hall–Kier alpha value is -0.320. The predicted octanol–water partition coefficient (Wildman–Crippen LogP) is 3.47. The summed E-state index contributed by atoms with van der Waals surface area (Å²) in [4.78, 5) is 6.75. The zero-order chi connectivity index (χ0) is 13.0. The van der Waals surface area contributed by atoms with Crippen LogP contribution in [0.15, 0.2) is 16.7 Å². The van der Waals surface area contributed by atoms with Crippen LogP contribution in [0.5, 0.6) is 0 Å². The number of aromatic nitrogens is 1. The molecule has 0 saturated carbocycles. The molecule has 100 valence electrons. The van der Waals surface area contributed by atoms with E-state index in [1.807, 2.05) is 12.3 Å².